The second kappa shape index (κ2) is 10.2. The van der Waals surface area contributed by atoms with Crippen molar-refractivity contribution < 1.29 is 14.3 Å². The third-order valence-electron chi connectivity index (χ3n) is 5.53. The van der Waals surface area contributed by atoms with Gasteiger partial charge in [-0.3, -0.25) is 9.59 Å². The summed E-state index contributed by atoms with van der Waals surface area (Å²) in [6.45, 7) is 6.31. The molecule has 1 saturated carbocycles. The number of halogens is 1. The first-order chi connectivity index (χ1) is 14.7. The molecule has 31 heavy (non-hydrogen) atoms. The molecule has 2 amide bonds. The van der Waals surface area contributed by atoms with E-state index < -0.39 is 0 Å². The van der Waals surface area contributed by atoms with Crippen LogP contribution in [-0.2, 0) is 10.2 Å². The van der Waals surface area contributed by atoms with Crippen LogP contribution in [0.25, 0.3) is 0 Å². The summed E-state index contributed by atoms with van der Waals surface area (Å²) in [5, 5.41) is 6.19. The number of nitrogens with one attached hydrogen (secondary N) is 2. The standard InChI is InChI=1S/C25H31ClN2O3/c1-25(2,3)17-9-12-20(13-10-17)31-16-23(29)27-19-11-14-22(26)21(15-19)24(30)28-18-7-5-4-6-8-18/h9-15,18H,4-8,16H2,1-3H3,(H,27,29)(H,28,30). The number of rotatable bonds is 6. The lowest BCUT2D eigenvalue weighted by molar-refractivity contribution is -0.118. The minimum atomic E-state index is -0.305. The van der Waals surface area contributed by atoms with Crippen molar-refractivity contribution in [2.75, 3.05) is 11.9 Å². The number of anilines is 1. The van der Waals surface area contributed by atoms with E-state index in [-0.39, 0.29) is 29.9 Å². The van der Waals surface area contributed by atoms with Gasteiger partial charge in [-0.15, -0.1) is 0 Å². The second-order valence-corrected chi connectivity index (χ2v) is 9.52. The van der Waals surface area contributed by atoms with Gasteiger partial charge in [0.25, 0.3) is 11.8 Å². The Morgan fingerprint density at radius 2 is 1.71 bits per heavy atom. The lowest BCUT2D eigenvalue weighted by Crippen LogP contribution is -2.36. The van der Waals surface area contributed by atoms with Crippen LogP contribution in [0.5, 0.6) is 5.75 Å². The summed E-state index contributed by atoms with van der Waals surface area (Å²) in [4.78, 5) is 25.0. The molecular formula is C25H31ClN2O3. The highest BCUT2D eigenvalue weighted by atomic mass is 35.5. The van der Waals surface area contributed by atoms with Crippen LogP contribution in [0.3, 0.4) is 0 Å². The highest BCUT2D eigenvalue weighted by Crippen LogP contribution is 2.25. The van der Waals surface area contributed by atoms with Gasteiger partial charge in [0.2, 0.25) is 0 Å². The number of ether oxygens (including phenoxy) is 1. The van der Waals surface area contributed by atoms with Crippen molar-refractivity contribution in [3.63, 3.8) is 0 Å². The molecule has 0 atom stereocenters. The molecule has 0 radical (unpaired) electrons. The van der Waals surface area contributed by atoms with E-state index in [0.29, 0.717) is 22.0 Å². The SMILES string of the molecule is CC(C)(C)c1ccc(OCC(=O)Nc2ccc(Cl)c(C(=O)NC3CCCCC3)c2)cc1. The van der Waals surface area contributed by atoms with Gasteiger partial charge < -0.3 is 15.4 Å². The van der Waals surface area contributed by atoms with Gasteiger partial charge in [0, 0.05) is 11.7 Å². The fourth-order valence-corrected chi connectivity index (χ4v) is 3.89. The average Bonchev–Trinajstić information content (AvgIpc) is 2.74. The predicted molar refractivity (Wildman–Crippen MR) is 125 cm³/mol. The van der Waals surface area contributed by atoms with Crippen LogP contribution < -0.4 is 15.4 Å². The van der Waals surface area contributed by atoms with Gasteiger partial charge in [0.05, 0.1) is 10.6 Å². The summed E-state index contributed by atoms with van der Waals surface area (Å²) in [5.74, 6) is 0.121. The third-order valence-corrected chi connectivity index (χ3v) is 5.85. The van der Waals surface area contributed by atoms with E-state index in [9.17, 15) is 9.59 Å². The molecule has 5 nitrogen and oxygen atoms in total. The molecule has 0 spiro atoms. The zero-order valence-electron chi connectivity index (χ0n) is 18.5. The Morgan fingerprint density at radius 3 is 2.35 bits per heavy atom. The van der Waals surface area contributed by atoms with Crippen LogP contribution in [0.4, 0.5) is 5.69 Å². The van der Waals surface area contributed by atoms with Crippen LogP contribution in [0.2, 0.25) is 5.02 Å². The zero-order chi connectivity index (χ0) is 22.4. The van der Waals surface area contributed by atoms with E-state index in [1.807, 2.05) is 24.3 Å². The Labute approximate surface area is 189 Å². The molecule has 2 aromatic carbocycles. The number of carbonyl (C=O) groups excluding carboxylic acids is 2. The average molecular weight is 443 g/mol. The van der Waals surface area contributed by atoms with Crippen molar-refractivity contribution in [3.8, 4) is 5.75 Å². The quantitative estimate of drug-likeness (QED) is 0.601. The maximum absolute atomic E-state index is 12.6. The van der Waals surface area contributed by atoms with Crippen LogP contribution in [0, 0.1) is 0 Å². The highest BCUT2D eigenvalue weighted by Gasteiger charge is 2.19. The molecule has 0 aromatic heterocycles. The van der Waals surface area contributed by atoms with Crippen molar-refractivity contribution in [1.29, 1.82) is 0 Å². The van der Waals surface area contributed by atoms with Gasteiger partial charge in [0.15, 0.2) is 6.61 Å². The molecule has 1 aliphatic carbocycles. The summed E-state index contributed by atoms with van der Waals surface area (Å²) in [6.07, 6.45) is 5.47. The molecule has 166 valence electrons. The minimum absolute atomic E-state index is 0.0610. The van der Waals surface area contributed by atoms with Crippen molar-refractivity contribution in [2.24, 2.45) is 0 Å². The van der Waals surface area contributed by atoms with Gasteiger partial charge in [-0.1, -0.05) is 63.8 Å². The first-order valence-electron chi connectivity index (χ1n) is 10.9. The molecule has 0 aliphatic heterocycles. The number of hydrogen-bond donors (Lipinski definition) is 2. The van der Waals surface area contributed by atoms with Crippen LogP contribution in [-0.4, -0.2) is 24.5 Å². The molecule has 0 unspecified atom stereocenters. The summed E-state index contributed by atoms with van der Waals surface area (Å²) >= 11 is 6.23. The fraction of sp³-hybridized carbons (Fsp3) is 0.440. The second-order valence-electron chi connectivity index (χ2n) is 9.11. The topological polar surface area (TPSA) is 67.4 Å². The van der Waals surface area contributed by atoms with Crippen molar-refractivity contribution in [1.82, 2.24) is 5.32 Å². The number of hydrogen-bond acceptors (Lipinski definition) is 3. The Morgan fingerprint density at radius 1 is 1.03 bits per heavy atom. The Bertz CT molecular complexity index is 913. The van der Waals surface area contributed by atoms with E-state index in [1.54, 1.807) is 18.2 Å². The molecule has 1 aliphatic rings. The van der Waals surface area contributed by atoms with Gasteiger partial charge in [-0.25, -0.2) is 0 Å². The summed E-state index contributed by atoms with van der Waals surface area (Å²) in [6, 6.07) is 12.8. The number of amides is 2. The molecule has 0 saturated heterocycles. The molecule has 3 rings (SSSR count). The van der Waals surface area contributed by atoms with Gasteiger partial charge in [0.1, 0.15) is 5.75 Å². The largest absolute Gasteiger partial charge is 0.484 e. The Balaban J connectivity index is 1.56. The molecule has 6 heteroatoms. The van der Waals surface area contributed by atoms with Gasteiger partial charge in [-0.05, 0) is 54.2 Å². The van der Waals surface area contributed by atoms with E-state index in [2.05, 4.69) is 31.4 Å². The third kappa shape index (κ3) is 6.73. The van der Waals surface area contributed by atoms with Crippen LogP contribution in [0.15, 0.2) is 42.5 Å². The van der Waals surface area contributed by atoms with E-state index in [1.165, 1.54) is 12.0 Å². The fourth-order valence-electron chi connectivity index (χ4n) is 3.68. The molecule has 0 bridgehead atoms. The van der Waals surface area contributed by atoms with E-state index >= 15 is 0 Å². The lowest BCUT2D eigenvalue weighted by atomic mass is 9.87. The Hall–Kier alpha value is -2.53. The van der Waals surface area contributed by atoms with E-state index in [0.717, 1.165) is 25.7 Å². The summed E-state index contributed by atoms with van der Waals surface area (Å²) < 4.78 is 5.59. The van der Waals surface area contributed by atoms with E-state index in [4.69, 9.17) is 16.3 Å². The molecule has 1 fully saturated rings. The summed E-state index contributed by atoms with van der Waals surface area (Å²) in [5.41, 5.74) is 2.13. The van der Waals surface area contributed by atoms with Crippen molar-refractivity contribution >= 4 is 29.1 Å². The van der Waals surface area contributed by atoms with Crippen LogP contribution in [0.1, 0.15) is 68.8 Å². The molecular weight excluding hydrogens is 412 g/mol. The minimum Gasteiger partial charge on any atom is -0.484 e. The van der Waals surface area contributed by atoms with Gasteiger partial charge in [-0.2, -0.15) is 0 Å². The maximum atomic E-state index is 12.6. The molecule has 2 N–H and O–H groups in total. The summed E-state index contributed by atoms with van der Waals surface area (Å²) in [7, 11) is 0. The lowest BCUT2D eigenvalue weighted by Gasteiger charge is -2.23. The normalized spacial score (nSPS) is 14.7. The highest BCUT2D eigenvalue weighted by molar-refractivity contribution is 6.34. The van der Waals surface area contributed by atoms with Crippen molar-refractivity contribution in [2.45, 2.75) is 64.3 Å². The Kier molecular flexibility index (Phi) is 7.60. The number of carbonyl (C=O) groups is 2. The first kappa shape index (κ1) is 23.1. The van der Waals surface area contributed by atoms with Crippen LogP contribution >= 0.6 is 11.6 Å². The predicted octanol–water partition coefficient (Wildman–Crippen LogP) is 5.72. The zero-order valence-corrected chi connectivity index (χ0v) is 19.2. The van der Waals surface area contributed by atoms with Gasteiger partial charge >= 0.3 is 0 Å². The monoisotopic (exact) mass is 442 g/mol. The first-order valence-corrected chi connectivity index (χ1v) is 11.2. The number of benzene rings is 2. The smallest absolute Gasteiger partial charge is 0.262 e. The maximum Gasteiger partial charge on any atom is 0.262 e. The molecule has 2 aromatic rings. The molecule has 0 heterocycles. The van der Waals surface area contributed by atoms with Crippen molar-refractivity contribution in [3.05, 3.63) is 58.6 Å².